The number of ketones is 1. The van der Waals surface area contributed by atoms with E-state index < -0.39 is 0 Å². The highest BCUT2D eigenvalue weighted by Gasteiger charge is 2.21. The SMILES string of the molecule is C=CCc1c(CCCCCCOc2cccc(OCCCC=O)c2CCC(=O)OC)ccc2c1CCCC2=O. The number of esters is 1. The highest BCUT2D eigenvalue weighted by atomic mass is 16.5. The van der Waals surface area contributed by atoms with Gasteiger partial charge in [-0.15, -0.1) is 6.58 Å². The predicted molar refractivity (Wildman–Crippen MR) is 153 cm³/mol. The minimum absolute atomic E-state index is 0.242. The van der Waals surface area contributed by atoms with Gasteiger partial charge >= 0.3 is 5.97 Å². The molecule has 0 bridgehead atoms. The number of unbranched alkanes of at least 4 members (excludes halogenated alkanes) is 4. The third-order valence-electron chi connectivity index (χ3n) is 7.23. The number of carbonyl (C=O) groups excluding carboxylic acids is 3. The molecule has 1 aliphatic carbocycles. The molecule has 210 valence electrons. The number of fused-ring (bicyclic) bond motifs is 1. The van der Waals surface area contributed by atoms with Gasteiger partial charge in [-0.3, -0.25) is 9.59 Å². The van der Waals surface area contributed by atoms with Gasteiger partial charge in [0.1, 0.15) is 17.8 Å². The molecular formula is C33H42O6. The summed E-state index contributed by atoms with van der Waals surface area (Å²) in [6.45, 7) is 4.95. The summed E-state index contributed by atoms with van der Waals surface area (Å²) < 4.78 is 16.8. The van der Waals surface area contributed by atoms with Gasteiger partial charge in [-0.05, 0) is 80.2 Å². The first-order valence-corrected chi connectivity index (χ1v) is 14.2. The number of allylic oxidation sites excluding steroid dienone is 1. The molecule has 0 aliphatic heterocycles. The molecule has 0 aromatic heterocycles. The molecule has 39 heavy (non-hydrogen) atoms. The molecule has 0 N–H and O–H groups in total. The second-order valence-electron chi connectivity index (χ2n) is 9.98. The molecule has 1 aliphatic rings. The highest BCUT2D eigenvalue weighted by Crippen LogP contribution is 2.31. The first-order chi connectivity index (χ1) is 19.1. The predicted octanol–water partition coefficient (Wildman–Crippen LogP) is 6.58. The third-order valence-corrected chi connectivity index (χ3v) is 7.23. The molecule has 0 saturated carbocycles. The molecule has 2 aromatic rings. The Kier molecular flexibility index (Phi) is 12.8. The number of rotatable bonds is 18. The Labute approximate surface area is 232 Å². The van der Waals surface area contributed by atoms with Gasteiger partial charge < -0.3 is 19.0 Å². The van der Waals surface area contributed by atoms with Gasteiger partial charge in [0, 0.05) is 30.4 Å². The molecule has 0 saturated heterocycles. The molecule has 2 aromatic carbocycles. The third kappa shape index (κ3) is 9.09. The van der Waals surface area contributed by atoms with Gasteiger partial charge in [0.2, 0.25) is 0 Å². The Balaban J connectivity index is 1.49. The Hall–Kier alpha value is -3.41. The zero-order valence-electron chi connectivity index (χ0n) is 23.3. The maximum absolute atomic E-state index is 12.3. The number of Topliss-reactive ketones (excluding diaryl/α,β-unsaturated/α-hetero) is 1. The standard InChI is InChI=1S/C33H42O6/c1-3-12-26-25(18-19-28-27(26)14-10-15-30(28)35)13-6-4-5-8-23-38-31-16-11-17-32(39-24-9-7-22-34)29(31)20-21-33(36)37-2/h3,11,16-19,22H,1,4-10,12-15,20-21,23-24H2,2H3. The molecule has 0 spiro atoms. The second kappa shape index (κ2) is 16.5. The number of carbonyl (C=O) groups is 3. The van der Waals surface area contributed by atoms with E-state index in [4.69, 9.17) is 14.2 Å². The van der Waals surface area contributed by atoms with Crippen LogP contribution in [0, 0.1) is 0 Å². The Morgan fingerprint density at radius 2 is 1.67 bits per heavy atom. The van der Waals surface area contributed by atoms with E-state index in [-0.39, 0.29) is 18.2 Å². The fourth-order valence-electron chi connectivity index (χ4n) is 5.17. The van der Waals surface area contributed by atoms with Crippen molar-refractivity contribution < 1.29 is 28.6 Å². The summed E-state index contributed by atoms with van der Waals surface area (Å²) in [6, 6.07) is 9.85. The summed E-state index contributed by atoms with van der Waals surface area (Å²) in [5.74, 6) is 1.41. The van der Waals surface area contributed by atoms with Crippen LogP contribution in [0.1, 0.15) is 90.4 Å². The highest BCUT2D eigenvalue weighted by molar-refractivity contribution is 5.98. The van der Waals surface area contributed by atoms with Crippen LogP contribution >= 0.6 is 0 Å². The number of aryl methyl sites for hydroxylation is 1. The van der Waals surface area contributed by atoms with Crippen LogP contribution in [0.5, 0.6) is 11.5 Å². The molecule has 6 heteroatoms. The van der Waals surface area contributed by atoms with Crippen LogP contribution in [0.25, 0.3) is 0 Å². The van der Waals surface area contributed by atoms with Crippen LogP contribution < -0.4 is 9.47 Å². The van der Waals surface area contributed by atoms with Crippen LogP contribution in [-0.2, 0) is 40.0 Å². The summed E-state index contributed by atoms with van der Waals surface area (Å²) in [5, 5.41) is 0. The summed E-state index contributed by atoms with van der Waals surface area (Å²) >= 11 is 0. The number of hydrogen-bond acceptors (Lipinski definition) is 6. The lowest BCUT2D eigenvalue weighted by Gasteiger charge is -2.21. The fraction of sp³-hybridized carbons (Fsp3) is 0.485. The van der Waals surface area contributed by atoms with Crippen molar-refractivity contribution in [1.29, 1.82) is 0 Å². The maximum atomic E-state index is 12.3. The molecule has 0 atom stereocenters. The molecule has 0 unspecified atom stereocenters. The molecule has 0 radical (unpaired) electrons. The average molecular weight is 535 g/mol. The summed E-state index contributed by atoms with van der Waals surface area (Å²) in [4.78, 5) is 34.7. The van der Waals surface area contributed by atoms with Gasteiger partial charge in [-0.1, -0.05) is 37.1 Å². The van der Waals surface area contributed by atoms with E-state index in [9.17, 15) is 14.4 Å². The lowest BCUT2D eigenvalue weighted by atomic mass is 9.83. The maximum Gasteiger partial charge on any atom is 0.305 e. The van der Waals surface area contributed by atoms with Gasteiger partial charge in [0.25, 0.3) is 0 Å². The molecular weight excluding hydrogens is 492 g/mol. The molecule has 0 heterocycles. The van der Waals surface area contributed by atoms with Crippen LogP contribution in [0.2, 0.25) is 0 Å². The molecule has 0 fully saturated rings. The number of ether oxygens (including phenoxy) is 3. The lowest BCUT2D eigenvalue weighted by molar-refractivity contribution is -0.140. The zero-order chi connectivity index (χ0) is 27.9. The molecule has 6 nitrogen and oxygen atoms in total. The summed E-state index contributed by atoms with van der Waals surface area (Å²) in [7, 11) is 1.38. The van der Waals surface area contributed by atoms with Crippen molar-refractivity contribution in [2.45, 2.75) is 83.5 Å². The van der Waals surface area contributed by atoms with Crippen molar-refractivity contribution in [2.75, 3.05) is 20.3 Å². The molecule has 3 rings (SSSR count). The van der Waals surface area contributed by atoms with Crippen LogP contribution in [0.15, 0.2) is 43.0 Å². The number of aldehydes is 1. The first kappa shape index (κ1) is 30.1. The number of hydrogen-bond donors (Lipinski definition) is 0. The summed E-state index contributed by atoms with van der Waals surface area (Å²) in [5.41, 5.74) is 5.68. The van der Waals surface area contributed by atoms with Crippen LogP contribution in [0.3, 0.4) is 0 Å². The number of methoxy groups -OCH3 is 1. The van der Waals surface area contributed by atoms with Crippen molar-refractivity contribution in [1.82, 2.24) is 0 Å². The van der Waals surface area contributed by atoms with E-state index >= 15 is 0 Å². The minimum atomic E-state index is -0.279. The van der Waals surface area contributed by atoms with Crippen LogP contribution in [-0.4, -0.2) is 38.4 Å². The second-order valence-corrected chi connectivity index (χ2v) is 9.98. The van der Waals surface area contributed by atoms with E-state index in [1.165, 1.54) is 23.8 Å². The Morgan fingerprint density at radius 1 is 0.923 bits per heavy atom. The van der Waals surface area contributed by atoms with E-state index in [1.54, 1.807) is 0 Å². The number of benzene rings is 2. The van der Waals surface area contributed by atoms with Crippen molar-refractivity contribution in [2.24, 2.45) is 0 Å². The fourth-order valence-corrected chi connectivity index (χ4v) is 5.17. The van der Waals surface area contributed by atoms with Gasteiger partial charge in [-0.25, -0.2) is 0 Å². The largest absolute Gasteiger partial charge is 0.493 e. The van der Waals surface area contributed by atoms with E-state index in [1.807, 2.05) is 30.3 Å². The van der Waals surface area contributed by atoms with Crippen molar-refractivity contribution in [3.8, 4) is 11.5 Å². The zero-order valence-corrected chi connectivity index (χ0v) is 23.3. The van der Waals surface area contributed by atoms with Crippen molar-refractivity contribution in [3.63, 3.8) is 0 Å². The smallest absolute Gasteiger partial charge is 0.305 e. The quantitative estimate of drug-likeness (QED) is 0.0930. The Bertz CT molecular complexity index is 1120. The van der Waals surface area contributed by atoms with E-state index in [0.717, 1.165) is 74.5 Å². The van der Waals surface area contributed by atoms with Crippen molar-refractivity contribution >= 4 is 18.0 Å². The van der Waals surface area contributed by atoms with Crippen molar-refractivity contribution in [3.05, 3.63) is 70.8 Å². The van der Waals surface area contributed by atoms with Gasteiger partial charge in [-0.2, -0.15) is 0 Å². The first-order valence-electron chi connectivity index (χ1n) is 14.2. The minimum Gasteiger partial charge on any atom is -0.493 e. The monoisotopic (exact) mass is 534 g/mol. The Morgan fingerprint density at radius 3 is 2.38 bits per heavy atom. The van der Waals surface area contributed by atoms with Gasteiger partial charge in [0.05, 0.1) is 20.3 Å². The van der Waals surface area contributed by atoms with Crippen LogP contribution in [0.4, 0.5) is 0 Å². The lowest BCUT2D eigenvalue weighted by Crippen LogP contribution is -2.14. The van der Waals surface area contributed by atoms with E-state index in [0.29, 0.717) is 44.6 Å². The normalized spacial score (nSPS) is 12.5. The van der Waals surface area contributed by atoms with Gasteiger partial charge in [0.15, 0.2) is 5.78 Å². The summed E-state index contributed by atoms with van der Waals surface area (Å²) in [6.07, 6.45) is 13.2. The average Bonchev–Trinajstić information content (AvgIpc) is 2.95. The topological polar surface area (TPSA) is 78.9 Å². The van der Waals surface area contributed by atoms with E-state index in [2.05, 4.69) is 12.6 Å². The molecule has 0 amide bonds.